The third kappa shape index (κ3) is 4.99. The molecule has 0 spiro atoms. The van der Waals surface area contributed by atoms with Crippen molar-refractivity contribution in [3.05, 3.63) is 101 Å². The van der Waals surface area contributed by atoms with Gasteiger partial charge in [0.1, 0.15) is 10.8 Å². The number of hydrogen-bond donors (Lipinski definition) is 0. The molecule has 0 fully saturated rings. The van der Waals surface area contributed by atoms with Gasteiger partial charge in [0.25, 0.3) is 0 Å². The van der Waals surface area contributed by atoms with Crippen LogP contribution in [0.1, 0.15) is 11.3 Å². The highest BCUT2D eigenvalue weighted by molar-refractivity contribution is 7.22. The van der Waals surface area contributed by atoms with Gasteiger partial charge in [-0.3, -0.25) is 9.69 Å². The monoisotopic (exact) mass is 473 g/mol. The van der Waals surface area contributed by atoms with E-state index in [9.17, 15) is 9.18 Å². The fraction of sp³-hybridized carbons (Fsp3) is 0.115. The molecule has 7 heteroatoms. The lowest BCUT2D eigenvalue weighted by Crippen LogP contribution is -2.34. The average molecular weight is 474 g/mol. The molecule has 0 bridgehead atoms. The number of anilines is 1. The lowest BCUT2D eigenvalue weighted by atomic mass is 10.1. The Morgan fingerprint density at radius 1 is 0.939 bits per heavy atom. The quantitative estimate of drug-likeness (QED) is 0.276. The van der Waals surface area contributed by atoms with E-state index in [-0.39, 0.29) is 18.1 Å². The Bertz CT molecular complexity index is 1360. The minimum atomic E-state index is -0.303. The zero-order valence-corrected chi connectivity index (χ0v) is 19.3. The van der Waals surface area contributed by atoms with Gasteiger partial charge in [-0.15, -0.1) is 11.3 Å². The highest BCUT2D eigenvalue weighted by Gasteiger charge is 2.21. The highest BCUT2D eigenvalue weighted by atomic mass is 32.1. The molecular formula is C26H20FN3OS2. The SMILES string of the molecule is O=C(Cc1csc(-c2cccc(F)c2)n1)N(CCc1ccccc1)c1nc2ccccc2s1. The van der Waals surface area contributed by atoms with Crippen LogP contribution >= 0.6 is 22.7 Å². The van der Waals surface area contributed by atoms with Gasteiger partial charge in [0.05, 0.1) is 22.3 Å². The fourth-order valence-corrected chi connectivity index (χ4v) is 5.41. The van der Waals surface area contributed by atoms with Crippen molar-refractivity contribution in [1.29, 1.82) is 0 Å². The van der Waals surface area contributed by atoms with Crippen molar-refractivity contribution in [2.45, 2.75) is 12.8 Å². The van der Waals surface area contributed by atoms with Gasteiger partial charge in [-0.05, 0) is 36.2 Å². The topological polar surface area (TPSA) is 46.1 Å². The average Bonchev–Trinajstić information content (AvgIpc) is 3.47. The number of carbonyl (C=O) groups is 1. The Kier molecular flexibility index (Phi) is 6.24. The molecule has 5 aromatic rings. The first-order valence-electron chi connectivity index (χ1n) is 10.6. The van der Waals surface area contributed by atoms with Crippen LogP contribution in [0, 0.1) is 5.82 Å². The number of hydrogen-bond acceptors (Lipinski definition) is 5. The fourth-order valence-electron chi connectivity index (χ4n) is 3.58. The number of benzene rings is 3. The number of amides is 1. The molecule has 3 aromatic carbocycles. The van der Waals surface area contributed by atoms with Crippen molar-refractivity contribution in [1.82, 2.24) is 9.97 Å². The third-order valence-corrected chi connectivity index (χ3v) is 7.24. The molecule has 1 amide bonds. The van der Waals surface area contributed by atoms with Crippen molar-refractivity contribution in [2.75, 3.05) is 11.4 Å². The summed E-state index contributed by atoms with van der Waals surface area (Å²) in [5.74, 6) is -0.357. The zero-order valence-electron chi connectivity index (χ0n) is 17.6. The molecule has 0 aliphatic carbocycles. The molecule has 5 rings (SSSR count). The normalized spacial score (nSPS) is 11.1. The number of nitrogens with zero attached hydrogens (tertiary/aromatic N) is 3. The van der Waals surface area contributed by atoms with E-state index in [0.717, 1.165) is 16.6 Å². The van der Waals surface area contributed by atoms with E-state index < -0.39 is 0 Å². The van der Waals surface area contributed by atoms with Gasteiger partial charge in [0, 0.05) is 17.5 Å². The van der Waals surface area contributed by atoms with Crippen molar-refractivity contribution in [3.8, 4) is 10.6 Å². The third-order valence-electron chi connectivity index (χ3n) is 5.24. The van der Waals surface area contributed by atoms with Gasteiger partial charge < -0.3 is 0 Å². The van der Waals surface area contributed by atoms with Crippen molar-refractivity contribution in [2.24, 2.45) is 0 Å². The Hall–Kier alpha value is -3.42. The van der Waals surface area contributed by atoms with Crippen LogP contribution in [0.25, 0.3) is 20.8 Å². The number of aromatic nitrogens is 2. The molecule has 33 heavy (non-hydrogen) atoms. The zero-order chi connectivity index (χ0) is 22.6. The van der Waals surface area contributed by atoms with Gasteiger partial charge in [-0.2, -0.15) is 0 Å². The Morgan fingerprint density at radius 2 is 1.76 bits per heavy atom. The summed E-state index contributed by atoms with van der Waals surface area (Å²) < 4.78 is 14.6. The number of halogens is 1. The summed E-state index contributed by atoms with van der Waals surface area (Å²) in [6, 6.07) is 24.4. The van der Waals surface area contributed by atoms with Crippen LogP contribution in [-0.2, 0) is 17.6 Å². The van der Waals surface area contributed by atoms with Crippen LogP contribution in [0.2, 0.25) is 0 Å². The van der Waals surface area contributed by atoms with Crippen LogP contribution in [0.3, 0.4) is 0 Å². The molecule has 0 N–H and O–H groups in total. The first kappa shape index (κ1) is 21.4. The van der Waals surface area contributed by atoms with E-state index in [1.165, 1.54) is 40.4 Å². The van der Waals surface area contributed by atoms with E-state index >= 15 is 0 Å². The van der Waals surface area contributed by atoms with Gasteiger partial charge in [0.15, 0.2) is 5.13 Å². The predicted octanol–water partition coefficient (Wildman–Crippen LogP) is 6.38. The Balaban J connectivity index is 1.39. The summed E-state index contributed by atoms with van der Waals surface area (Å²) in [7, 11) is 0. The maximum absolute atomic E-state index is 13.6. The summed E-state index contributed by atoms with van der Waals surface area (Å²) in [5, 5.41) is 3.26. The lowest BCUT2D eigenvalue weighted by molar-refractivity contribution is -0.118. The second-order valence-electron chi connectivity index (χ2n) is 7.58. The van der Waals surface area contributed by atoms with Gasteiger partial charge >= 0.3 is 0 Å². The summed E-state index contributed by atoms with van der Waals surface area (Å²) >= 11 is 2.93. The molecule has 0 saturated carbocycles. The van der Waals surface area contributed by atoms with E-state index in [0.29, 0.717) is 27.9 Å². The number of rotatable bonds is 7. The molecule has 0 aliphatic rings. The van der Waals surface area contributed by atoms with Crippen molar-refractivity contribution >= 4 is 43.9 Å². The van der Waals surface area contributed by atoms with Crippen molar-refractivity contribution in [3.63, 3.8) is 0 Å². The van der Waals surface area contributed by atoms with Gasteiger partial charge in [0.2, 0.25) is 5.91 Å². The Labute approximate surface area is 199 Å². The highest BCUT2D eigenvalue weighted by Crippen LogP contribution is 2.30. The van der Waals surface area contributed by atoms with E-state index in [2.05, 4.69) is 17.1 Å². The number of thiazole rings is 2. The molecule has 0 saturated heterocycles. The van der Waals surface area contributed by atoms with Gasteiger partial charge in [-0.25, -0.2) is 14.4 Å². The maximum atomic E-state index is 13.6. The summed E-state index contributed by atoms with van der Waals surface area (Å²) in [5.41, 5.74) is 3.44. The molecule has 0 unspecified atom stereocenters. The standard InChI is InChI=1S/C26H20FN3OS2/c27-20-10-6-9-19(15-20)25-28-21(17-32-25)16-24(31)30(14-13-18-7-2-1-3-8-18)26-29-22-11-4-5-12-23(22)33-26/h1-12,15,17H,13-14,16H2. The number of fused-ring (bicyclic) bond motifs is 1. The minimum Gasteiger partial charge on any atom is -0.287 e. The summed E-state index contributed by atoms with van der Waals surface area (Å²) in [6.45, 7) is 0.531. The first-order valence-corrected chi connectivity index (χ1v) is 12.3. The number of carbonyl (C=O) groups excluding carboxylic acids is 1. The summed E-state index contributed by atoms with van der Waals surface area (Å²) in [4.78, 5) is 24.5. The van der Waals surface area contributed by atoms with Crippen LogP contribution in [0.5, 0.6) is 0 Å². The number of para-hydroxylation sites is 1. The first-order chi connectivity index (χ1) is 16.2. The van der Waals surface area contributed by atoms with Crippen LogP contribution < -0.4 is 4.90 Å². The molecule has 0 radical (unpaired) electrons. The van der Waals surface area contributed by atoms with E-state index in [1.54, 1.807) is 11.0 Å². The molecular weight excluding hydrogens is 453 g/mol. The van der Waals surface area contributed by atoms with E-state index in [1.807, 2.05) is 53.9 Å². The second-order valence-corrected chi connectivity index (χ2v) is 9.44. The molecule has 2 aromatic heterocycles. The molecule has 0 atom stereocenters. The lowest BCUT2D eigenvalue weighted by Gasteiger charge is -2.19. The van der Waals surface area contributed by atoms with Crippen LogP contribution in [0.15, 0.2) is 84.2 Å². The van der Waals surface area contributed by atoms with Crippen molar-refractivity contribution < 1.29 is 9.18 Å². The predicted molar refractivity (Wildman–Crippen MR) is 133 cm³/mol. The smallest absolute Gasteiger partial charge is 0.234 e. The van der Waals surface area contributed by atoms with E-state index in [4.69, 9.17) is 4.98 Å². The van der Waals surface area contributed by atoms with Crippen LogP contribution in [0.4, 0.5) is 9.52 Å². The second kappa shape index (κ2) is 9.60. The summed E-state index contributed by atoms with van der Waals surface area (Å²) in [6.07, 6.45) is 0.893. The maximum Gasteiger partial charge on any atom is 0.234 e. The van der Waals surface area contributed by atoms with Gasteiger partial charge in [-0.1, -0.05) is 65.9 Å². The molecule has 4 nitrogen and oxygen atoms in total. The molecule has 164 valence electrons. The largest absolute Gasteiger partial charge is 0.287 e. The molecule has 2 heterocycles. The Morgan fingerprint density at radius 3 is 2.58 bits per heavy atom. The van der Waals surface area contributed by atoms with Crippen LogP contribution in [-0.4, -0.2) is 22.4 Å². The minimum absolute atomic E-state index is 0.0546. The molecule has 0 aliphatic heterocycles.